The highest BCUT2D eigenvalue weighted by molar-refractivity contribution is 6.30. The van der Waals surface area contributed by atoms with E-state index < -0.39 is 0 Å². The number of carbonyl (C=O) groups excluding carboxylic acids is 3. The van der Waals surface area contributed by atoms with Crippen LogP contribution >= 0.6 is 0 Å². The number of para-hydroxylation sites is 2. The van der Waals surface area contributed by atoms with Crippen LogP contribution < -0.4 is 5.32 Å². The van der Waals surface area contributed by atoms with Gasteiger partial charge in [0, 0.05) is 16.7 Å². The summed E-state index contributed by atoms with van der Waals surface area (Å²) in [7, 11) is 0. The molecule has 4 aromatic rings. The summed E-state index contributed by atoms with van der Waals surface area (Å²) in [6, 6.07) is 19.3. The molecule has 0 fully saturated rings. The summed E-state index contributed by atoms with van der Waals surface area (Å²) in [5.74, 6) is -0.0523. The van der Waals surface area contributed by atoms with Gasteiger partial charge in [0.2, 0.25) is 5.91 Å². The minimum atomic E-state index is -0.297. The van der Waals surface area contributed by atoms with Crippen molar-refractivity contribution in [1.29, 1.82) is 0 Å². The monoisotopic (exact) mass is 395 g/mol. The van der Waals surface area contributed by atoms with Gasteiger partial charge in [0.25, 0.3) is 0 Å². The van der Waals surface area contributed by atoms with E-state index in [0.29, 0.717) is 22.4 Å². The summed E-state index contributed by atoms with van der Waals surface area (Å²) >= 11 is 0. The van der Waals surface area contributed by atoms with Crippen molar-refractivity contribution >= 4 is 34.2 Å². The third-order valence-electron chi connectivity index (χ3n) is 5.37. The molecule has 0 radical (unpaired) electrons. The Morgan fingerprint density at radius 2 is 1.53 bits per heavy atom. The van der Waals surface area contributed by atoms with E-state index in [2.05, 4.69) is 10.3 Å². The normalized spacial score (nSPS) is 12.6. The van der Waals surface area contributed by atoms with Gasteiger partial charge in [0.15, 0.2) is 11.6 Å². The SMILES string of the molecule is Cc1nc2ccccc2n1CC(=O)Nc1cccc2c1C(=O)c1ccccc1C2=O. The standard InChI is InChI=1S/C24H17N3O3/c1-14-25-18-10-4-5-12-20(18)27(14)13-21(28)26-19-11-6-9-17-22(19)24(30)16-8-3-2-7-15(16)23(17)29/h2-12H,13H2,1H3,(H,26,28). The first-order chi connectivity index (χ1) is 14.5. The average Bonchev–Trinajstić information content (AvgIpc) is 3.07. The summed E-state index contributed by atoms with van der Waals surface area (Å²) in [6.45, 7) is 1.89. The van der Waals surface area contributed by atoms with Gasteiger partial charge in [0.1, 0.15) is 12.4 Å². The quantitative estimate of drug-likeness (QED) is 0.504. The van der Waals surface area contributed by atoms with Crippen LogP contribution in [0.25, 0.3) is 11.0 Å². The molecular formula is C24H17N3O3. The van der Waals surface area contributed by atoms with E-state index in [1.807, 2.05) is 35.8 Å². The lowest BCUT2D eigenvalue weighted by atomic mass is 9.83. The molecule has 0 atom stereocenters. The fourth-order valence-electron chi connectivity index (χ4n) is 3.98. The molecule has 0 saturated carbocycles. The van der Waals surface area contributed by atoms with E-state index in [-0.39, 0.29) is 29.6 Å². The van der Waals surface area contributed by atoms with Crippen LogP contribution in [0.5, 0.6) is 0 Å². The Balaban J connectivity index is 1.49. The van der Waals surface area contributed by atoms with Crippen LogP contribution in [0.2, 0.25) is 0 Å². The first-order valence-electron chi connectivity index (χ1n) is 9.58. The molecule has 1 N–H and O–H groups in total. The minimum absolute atomic E-state index is 0.0503. The van der Waals surface area contributed by atoms with Crippen molar-refractivity contribution < 1.29 is 14.4 Å². The van der Waals surface area contributed by atoms with Gasteiger partial charge in [-0.15, -0.1) is 0 Å². The van der Waals surface area contributed by atoms with Crippen molar-refractivity contribution in [1.82, 2.24) is 9.55 Å². The molecule has 6 nitrogen and oxygen atoms in total. The highest BCUT2D eigenvalue weighted by Crippen LogP contribution is 2.32. The van der Waals surface area contributed by atoms with Gasteiger partial charge in [-0.05, 0) is 25.1 Å². The average molecular weight is 395 g/mol. The molecule has 30 heavy (non-hydrogen) atoms. The molecule has 1 heterocycles. The van der Waals surface area contributed by atoms with E-state index in [0.717, 1.165) is 16.9 Å². The molecule has 146 valence electrons. The number of rotatable bonds is 3. The van der Waals surface area contributed by atoms with Crippen LogP contribution in [0.1, 0.15) is 37.7 Å². The second-order valence-corrected chi connectivity index (χ2v) is 7.21. The second-order valence-electron chi connectivity index (χ2n) is 7.21. The van der Waals surface area contributed by atoms with Gasteiger partial charge in [-0.2, -0.15) is 0 Å². The van der Waals surface area contributed by atoms with Gasteiger partial charge in [-0.25, -0.2) is 4.98 Å². The molecule has 3 aromatic carbocycles. The van der Waals surface area contributed by atoms with Crippen LogP contribution in [0.15, 0.2) is 66.7 Å². The molecule has 1 aromatic heterocycles. The van der Waals surface area contributed by atoms with Crippen LogP contribution in [0, 0.1) is 6.92 Å². The maximum absolute atomic E-state index is 13.1. The van der Waals surface area contributed by atoms with Gasteiger partial charge >= 0.3 is 0 Å². The van der Waals surface area contributed by atoms with E-state index >= 15 is 0 Å². The van der Waals surface area contributed by atoms with Crippen molar-refractivity contribution in [3.63, 3.8) is 0 Å². The predicted octanol–water partition coefficient (Wildman–Crippen LogP) is 3.76. The summed E-state index contributed by atoms with van der Waals surface area (Å²) in [5.41, 5.74) is 3.31. The van der Waals surface area contributed by atoms with Crippen LogP contribution in [0.3, 0.4) is 0 Å². The number of amides is 1. The Kier molecular flexibility index (Phi) is 4.06. The number of benzene rings is 3. The minimum Gasteiger partial charge on any atom is -0.324 e. The topological polar surface area (TPSA) is 81.1 Å². The fraction of sp³-hybridized carbons (Fsp3) is 0.0833. The zero-order valence-corrected chi connectivity index (χ0v) is 16.2. The number of aromatic nitrogens is 2. The summed E-state index contributed by atoms with van der Waals surface area (Å²) in [5, 5.41) is 2.82. The molecule has 0 spiro atoms. The van der Waals surface area contributed by atoms with E-state index in [9.17, 15) is 14.4 Å². The zero-order chi connectivity index (χ0) is 20.8. The highest BCUT2D eigenvalue weighted by atomic mass is 16.2. The Morgan fingerprint density at radius 1 is 0.867 bits per heavy atom. The highest BCUT2D eigenvalue weighted by Gasteiger charge is 2.31. The van der Waals surface area contributed by atoms with Crippen molar-refractivity contribution in [3.8, 4) is 0 Å². The molecule has 0 saturated heterocycles. The zero-order valence-electron chi connectivity index (χ0n) is 16.2. The molecule has 1 aliphatic carbocycles. The van der Waals surface area contributed by atoms with E-state index in [4.69, 9.17) is 0 Å². The fourth-order valence-corrected chi connectivity index (χ4v) is 3.98. The Labute approximate surface area is 172 Å². The van der Waals surface area contributed by atoms with Crippen molar-refractivity contribution in [2.24, 2.45) is 0 Å². The molecule has 6 heteroatoms. The molecule has 1 aliphatic rings. The number of hydrogen-bond acceptors (Lipinski definition) is 4. The van der Waals surface area contributed by atoms with Crippen molar-refractivity contribution in [3.05, 3.63) is 94.8 Å². The summed E-state index contributed by atoms with van der Waals surface area (Å²) in [4.78, 5) is 43.3. The smallest absolute Gasteiger partial charge is 0.244 e. The summed E-state index contributed by atoms with van der Waals surface area (Å²) in [6.07, 6.45) is 0. The van der Waals surface area contributed by atoms with Crippen LogP contribution in [-0.4, -0.2) is 27.0 Å². The van der Waals surface area contributed by atoms with Gasteiger partial charge in [-0.1, -0.05) is 48.5 Å². The van der Waals surface area contributed by atoms with Gasteiger partial charge < -0.3 is 9.88 Å². The van der Waals surface area contributed by atoms with Crippen LogP contribution in [0.4, 0.5) is 5.69 Å². The number of nitrogens with zero attached hydrogens (tertiary/aromatic N) is 2. The third kappa shape index (κ3) is 2.73. The first-order valence-corrected chi connectivity index (χ1v) is 9.58. The Morgan fingerprint density at radius 3 is 2.33 bits per heavy atom. The lowest BCUT2D eigenvalue weighted by Gasteiger charge is -2.20. The first kappa shape index (κ1) is 18.0. The molecule has 0 bridgehead atoms. The number of nitrogens with one attached hydrogen (secondary N) is 1. The Hall–Kier alpha value is -4.06. The number of fused-ring (bicyclic) bond motifs is 3. The number of aryl methyl sites for hydroxylation is 1. The van der Waals surface area contributed by atoms with Gasteiger partial charge in [-0.3, -0.25) is 14.4 Å². The largest absolute Gasteiger partial charge is 0.324 e. The predicted molar refractivity (Wildman–Crippen MR) is 113 cm³/mol. The number of imidazole rings is 1. The number of anilines is 1. The Bertz CT molecular complexity index is 1370. The molecule has 1 amide bonds. The molecule has 0 unspecified atom stereocenters. The lowest BCUT2D eigenvalue weighted by Crippen LogP contribution is -2.25. The molecule has 0 aliphatic heterocycles. The number of carbonyl (C=O) groups is 3. The van der Waals surface area contributed by atoms with Crippen molar-refractivity contribution in [2.75, 3.05) is 5.32 Å². The molecular weight excluding hydrogens is 378 g/mol. The lowest BCUT2D eigenvalue weighted by molar-refractivity contribution is -0.116. The summed E-state index contributed by atoms with van der Waals surface area (Å²) < 4.78 is 1.82. The third-order valence-corrected chi connectivity index (χ3v) is 5.37. The van der Waals surface area contributed by atoms with Gasteiger partial charge in [0.05, 0.1) is 22.3 Å². The maximum atomic E-state index is 13.1. The van der Waals surface area contributed by atoms with E-state index in [1.165, 1.54) is 0 Å². The second kappa shape index (κ2) is 6.77. The van der Waals surface area contributed by atoms with Crippen molar-refractivity contribution in [2.45, 2.75) is 13.5 Å². The number of hydrogen-bond donors (Lipinski definition) is 1. The number of ketones is 2. The maximum Gasteiger partial charge on any atom is 0.244 e. The molecule has 5 rings (SSSR count). The van der Waals surface area contributed by atoms with E-state index in [1.54, 1.807) is 42.5 Å². The van der Waals surface area contributed by atoms with Crippen LogP contribution in [-0.2, 0) is 11.3 Å².